The van der Waals surface area contributed by atoms with Gasteiger partial charge in [0.1, 0.15) is 18.5 Å². The fourth-order valence-corrected chi connectivity index (χ4v) is 8.79. The number of pyridine rings is 1. The molecular weight excluding hydrogens is 809 g/mol. The Morgan fingerprint density at radius 2 is 1.49 bits per heavy atom. The number of anilines is 1. The Balaban J connectivity index is 0.877. The van der Waals surface area contributed by atoms with Gasteiger partial charge in [-0.15, -0.1) is 0 Å². The van der Waals surface area contributed by atoms with Gasteiger partial charge in [-0.3, -0.25) is 10.1 Å². The number of urea groups is 1. The molecule has 12 nitrogen and oxygen atoms in total. The molecule has 0 radical (unpaired) electrons. The number of likely N-dealkylation sites (tertiary alicyclic amines) is 1. The fourth-order valence-electron chi connectivity index (χ4n) is 7.51. The van der Waals surface area contributed by atoms with Crippen LogP contribution < -0.4 is 31.6 Å². The normalized spacial score (nSPS) is 14.2. The van der Waals surface area contributed by atoms with Crippen LogP contribution in [0.3, 0.4) is 0 Å². The quantitative estimate of drug-likeness (QED) is 0.0384. The summed E-state index contributed by atoms with van der Waals surface area (Å²) in [5, 5.41) is 13.5. The predicted octanol–water partition coefficient (Wildman–Crippen LogP) is 9.61. The minimum Gasteiger partial charge on any atom is -0.487 e. The van der Waals surface area contributed by atoms with E-state index in [1.807, 2.05) is 97.1 Å². The molecule has 3 amide bonds. The molecule has 5 aromatic rings. The van der Waals surface area contributed by atoms with Crippen LogP contribution in [0, 0.1) is 0 Å². The molecule has 0 saturated carbocycles. The van der Waals surface area contributed by atoms with Crippen molar-refractivity contribution in [3.63, 3.8) is 0 Å². The number of carbonyl (C=O) groups excluding carboxylic acids is 2. The smallest absolute Gasteiger partial charge is 0.411 e. The standard InChI is InChI=1S/C50H66N6O6Si/c1-50(2,3)63(4,5)62-45(41-23-25-44(47-42(41)24-26-46(57)55-47)60-36-37-17-9-6-10-18-37)35-51-29-15-8-16-30-52-48(58)53-31-34-56-32-27-39(28-33-56)61-49(59)54-43-22-14-13-21-40(43)38-19-11-7-12-20-38/h6-7,9-14,17-26,39,45,51H,8,15-16,27-36H2,1-5H3,(H,54,59)(H,55,57)(H2,52,53,58). The predicted molar refractivity (Wildman–Crippen MR) is 256 cm³/mol. The minimum absolute atomic E-state index is 0.0125. The topological polar surface area (TPSA) is 146 Å². The van der Waals surface area contributed by atoms with E-state index in [9.17, 15) is 14.4 Å². The van der Waals surface area contributed by atoms with Gasteiger partial charge in [0.2, 0.25) is 5.56 Å². The maximum Gasteiger partial charge on any atom is 0.411 e. The van der Waals surface area contributed by atoms with E-state index < -0.39 is 14.4 Å². The number of H-pyrrole nitrogens is 1. The zero-order valence-corrected chi connectivity index (χ0v) is 38.6. The number of nitrogens with zero attached hydrogens (tertiary/aromatic N) is 1. The number of rotatable bonds is 20. The molecule has 1 fully saturated rings. The highest BCUT2D eigenvalue weighted by Crippen LogP contribution is 2.41. The Morgan fingerprint density at radius 1 is 0.810 bits per heavy atom. The summed E-state index contributed by atoms with van der Waals surface area (Å²) in [6.45, 7) is 16.6. The summed E-state index contributed by atoms with van der Waals surface area (Å²) >= 11 is 0. The molecule has 1 aromatic heterocycles. The number of fused-ring (bicyclic) bond motifs is 1. The number of hydrogen-bond acceptors (Lipinski definition) is 8. The Bertz CT molecular complexity index is 2270. The molecule has 6 rings (SSSR count). The zero-order chi connectivity index (χ0) is 44.7. The van der Waals surface area contributed by atoms with Gasteiger partial charge in [-0.25, -0.2) is 9.59 Å². The summed E-state index contributed by atoms with van der Waals surface area (Å²) in [4.78, 5) is 43.2. The van der Waals surface area contributed by atoms with Crippen LogP contribution in [0.1, 0.15) is 70.1 Å². The number of aromatic nitrogens is 1. The molecule has 0 bridgehead atoms. The number of ether oxygens (including phenoxy) is 2. The highest BCUT2D eigenvalue weighted by Gasteiger charge is 2.40. The van der Waals surface area contributed by atoms with Crippen molar-refractivity contribution < 1.29 is 23.5 Å². The van der Waals surface area contributed by atoms with E-state index in [-0.39, 0.29) is 28.8 Å². The van der Waals surface area contributed by atoms with E-state index in [0.29, 0.717) is 37.5 Å². The molecule has 4 aromatic carbocycles. The van der Waals surface area contributed by atoms with E-state index >= 15 is 0 Å². The first kappa shape index (κ1) is 47.0. The number of amides is 3. The molecule has 5 N–H and O–H groups in total. The average Bonchev–Trinajstić information content (AvgIpc) is 3.27. The van der Waals surface area contributed by atoms with Crippen LogP contribution in [0.4, 0.5) is 15.3 Å². The summed E-state index contributed by atoms with van der Waals surface area (Å²) < 4.78 is 19.1. The van der Waals surface area contributed by atoms with Gasteiger partial charge in [0.15, 0.2) is 8.32 Å². The van der Waals surface area contributed by atoms with Crippen LogP contribution in [0.25, 0.3) is 22.0 Å². The highest BCUT2D eigenvalue weighted by molar-refractivity contribution is 6.74. The third-order valence-corrected chi connectivity index (χ3v) is 16.6. The minimum atomic E-state index is -2.18. The number of aromatic amines is 1. The van der Waals surface area contributed by atoms with Gasteiger partial charge in [0, 0.05) is 56.3 Å². The van der Waals surface area contributed by atoms with Crippen molar-refractivity contribution in [3.8, 4) is 16.9 Å². The van der Waals surface area contributed by atoms with Crippen molar-refractivity contribution in [2.24, 2.45) is 0 Å². The lowest BCUT2D eigenvalue weighted by Crippen LogP contribution is -2.44. The van der Waals surface area contributed by atoms with Gasteiger partial charge >= 0.3 is 12.1 Å². The first-order valence-corrected chi connectivity index (χ1v) is 25.3. The van der Waals surface area contributed by atoms with E-state index in [1.165, 1.54) is 0 Å². The highest BCUT2D eigenvalue weighted by atomic mass is 28.4. The molecular formula is C50H66N6O6Si. The molecule has 0 spiro atoms. The first-order chi connectivity index (χ1) is 30.4. The third-order valence-electron chi connectivity index (χ3n) is 12.1. The third kappa shape index (κ3) is 14.0. The van der Waals surface area contributed by atoms with Crippen LogP contribution in [0.2, 0.25) is 18.1 Å². The van der Waals surface area contributed by atoms with E-state index in [1.54, 1.807) is 6.07 Å². The molecule has 336 valence electrons. The van der Waals surface area contributed by atoms with Crippen LogP contribution in [-0.2, 0) is 15.8 Å². The van der Waals surface area contributed by atoms with Crippen molar-refractivity contribution in [1.82, 2.24) is 25.8 Å². The van der Waals surface area contributed by atoms with Crippen molar-refractivity contribution >= 4 is 37.0 Å². The van der Waals surface area contributed by atoms with Gasteiger partial charge in [0.05, 0.1) is 17.3 Å². The monoisotopic (exact) mass is 874 g/mol. The Morgan fingerprint density at radius 3 is 2.24 bits per heavy atom. The zero-order valence-electron chi connectivity index (χ0n) is 37.6. The second kappa shape index (κ2) is 22.7. The number of piperidine rings is 1. The lowest BCUT2D eigenvalue weighted by Gasteiger charge is -2.39. The summed E-state index contributed by atoms with van der Waals surface area (Å²) in [6.07, 6.45) is 3.47. The van der Waals surface area contributed by atoms with Crippen molar-refractivity contribution in [2.75, 3.05) is 51.1 Å². The largest absolute Gasteiger partial charge is 0.487 e. The van der Waals surface area contributed by atoms with Gasteiger partial charge in [-0.2, -0.15) is 0 Å². The molecule has 2 heterocycles. The second-order valence-corrected chi connectivity index (χ2v) is 22.6. The molecule has 13 heteroatoms. The van der Waals surface area contributed by atoms with E-state index in [2.05, 4.69) is 71.1 Å². The van der Waals surface area contributed by atoms with E-state index in [4.69, 9.17) is 13.9 Å². The lowest BCUT2D eigenvalue weighted by atomic mass is 10.0. The Kier molecular flexibility index (Phi) is 17.0. The molecule has 1 aliphatic rings. The maximum atomic E-state index is 12.8. The summed E-state index contributed by atoms with van der Waals surface area (Å²) in [5.41, 5.74) is 5.26. The van der Waals surface area contributed by atoms with Crippen LogP contribution in [0.5, 0.6) is 5.75 Å². The fraction of sp³-hybridized carbons (Fsp3) is 0.420. The summed E-state index contributed by atoms with van der Waals surface area (Å²) in [7, 11) is -2.18. The molecule has 1 saturated heterocycles. The van der Waals surface area contributed by atoms with Gasteiger partial charge in [-0.1, -0.05) is 112 Å². The molecule has 0 aliphatic carbocycles. The van der Waals surface area contributed by atoms with Gasteiger partial charge in [0.25, 0.3) is 0 Å². The Labute approximate surface area is 373 Å². The van der Waals surface area contributed by atoms with E-state index in [0.717, 1.165) is 91.6 Å². The van der Waals surface area contributed by atoms with Crippen LogP contribution in [-0.4, -0.2) is 82.2 Å². The van der Waals surface area contributed by atoms with Gasteiger partial charge in [-0.05, 0) is 85.2 Å². The molecule has 1 atom stereocenters. The van der Waals surface area contributed by atoms with Crippen molar-refractivity contribution in [3.05, 3.63) is 131 Å². The number of hydrogen-bond donors (Lipinski definition) is 5. The van der Waals surface area contributed by atoms with Gasteiger partial charge < -0.3 is 39.7 Å². The average molecular weight is 875 g/mol. The van der Waals surface area contributed by atoms with Crippen LogP contribution in [0.15, 0.2) is 114 Å². The Hall–Kier alpha value is -5.47. The number of benzene rings is 4. The first-order valence-electron chi connectivity index (χ1n) is 22.4. The number of para-hydroxylation sites is 1. The van der Waals surface area contributed by atoms with Crippen molar-refractivity contribution in [2.45, 2.75) is 89.8 Å². The SMILES string of the molecule is CC(C)(C)[Si](C)(C)OC(CNCCCCCNC(=O)NCCN1CCC(OC(=O)Nc2ccccc2-c2ccccc2)CC1)c1ccc(OCc2ccccc2)c2[nH]c(=O)ccc12. The second-order valence-electron chi connectivity index (χ2n) is 17.8. The molecule has 1 aliphatic heterocycles. The number of nitrogens with one attached hydrogen (secondary N) is 5. The molecule has 63 heavy (non-hydrogen) atoms. The molecule has 1 unspecified atom stereocenters. The number of unbranched alkanes of at least 4 members (excludes halogenated alkanes) is 2. The van der Waals surface area contributed by atoms with Crippen LogP contribution >= 0.6 is 0 Å². The lowest BCUT2D eigenvalue weighted by molar-refractivity contribution is 0.0594. The van der Waals surface area contributed by atoms with Crippen molar-refractivity contribution in [1.29, 1.82) is 0 Å². The summed E-state index contributed by atoms with van der Waals surface area (Å²) in [5.74, 6) is 0.629. The summed E-state index contributed by atoms with van der Waals surface area (Å²) in [6, 6.07) is 35.0. The number of carbonyl (C=O) groups is 2. The maximum absolute atomic E-state index is 12.8.